The predicted molar refractivity (Wildman–Crippen MR) is 122 cm³/mol. The highest BCUT2D eigenvalue weighted by Crippen LogP contribution is 2.27. The Bertz CT molecular complexity index is 1010. The van der Waals surface area contributed by atoms with Crippen LogP contribution in [0.5, 0.6) is 5.75 Å². The minimum atomic E-state index is -3.43. The van der Waals surface area contributed by atoms with E-state index in [0.717, 1.165) is 37.0 Å². The van der Waals surface area contributed by atoms with Crippen LogP contribution in [0.3, 0.4) is 0 Å². The van der Waals surface area contributed by atoms with Crippen LogP contribution in [0, 0.1) is 0 Å². The summed E-state index contributed by atoms with van der Waals surface area (Å²) < 4.78 is 33.4. The summed E-state index contributed by atoms with van der Waals surface area (Å²) in [5, 5.41) is 6.56. The number of piperidine rings is 1. The fourth-order valence-corrected chi connectivity index (χ4v) is 5.64. The quantitative estimate of drug-likeness (QED) is 0.531. The largest absolute Gasteiger partial charge is 0.488 e. The monoisotopic (exact) mass is 442 g/mol. The third-order valence-corrected chi connectivity index (χ3v) is 7.64. The number of fused-ring (bicyclic) bond motifs is 1. The Morgan fingerprint density at radius 2 is 1.90 bits per heavy atom. The number of hydrogen-bond donors (Lipinski definition) is 2. The van der Waals surface area contributed by atoms with Gasteiger partial charge in [0.25, 0.3) is 0 Å². The van der Waals surface area contributed by atoms with E-state index in [1.807, 2.05) is 24.3 Å². The predicted octanol–water partition coefficient (Wildman–Crippen LogP) is 2.53. The molecule has 166 valence electrons. The van der Waals surface area contributed by atoms with E-state index in [0.29, 0.717) is 37.0 Å². The zero-order chi connectivity index (χ0) is 21.7. The Balaban J connectivity index is 1.31. The number of aliphatic imine (C=N–C) groups is 1. The molecule has 8 heteroatoms. The van der Waals surface area contributed by atoms with E-state index >= 15 is 0 Å². The summed E-state index contributed by atoms with van der Waals surface area (Å²) >= 11 is 0. The topological polar surface area (TPSA) is 83.0 Å². The molecule has 2 aliphatic heterocycles. The molecule has 0 amide bonds. The van der Waals surface area contributed by atoms with Crippen molar-refractivity contribution in [2.75, 3.05) is 26.7 Å². The van der Waals surface area contributed by atoms with Crippen LogP contribution in [0.25, 0.3) is 0 Å². The van der Waals surface area contributed by atoms with E-state index < -0.39 is 10.0 Å². The van der Waals surface area contributed by atoms with E-state index in [-0.39, 0.29) is 6.10 Å². The molecule has 0 aromatic heterocycles. The Morgan fingerprint density at radius 3 is 2.68 bits per heavy atom. The zero-order valence-electron chi connectivity index (χ0n) is 17.9. The molecule has 1 fully saturated rings. The summed E-state index contributed by atoms with van der Waals surface area (Å²) in [6.45, 7) is 2.33. The number of hydrogen-bond acceptors (Lipinski definition) is 4. The van der Waals surface area contributed by atoms with Crippen molar-refractivity contribution >= 4 is 16.0 Å². The average molecular weight is 443 g/mol. The van der Waals surface area contributed by atoms with Gasteiger partial charge in [0.15, 0.2) is 5.96 Å². The number of guanidine groups is 1. The van der Waals surface area contributed by atoms with E-state index in [1.54, 1.807) is 29.6 Å². The Labute approximate surface area is 184 Å². The molecule has 7 nitrogen and oxygen atoms in total. The highest BCUT2D eigenvalue weighted by Gasteiger charge is 2.26. The fourth-order valence-electron chi connectivity index (χ4n) is 4.05. The molecule has 0 saturated carbocycles. The lowest BCUT2D eigenvalue weighted by Gasteiger charge is -2.26. The molecule has 2 heterocycles. The minimum Gasteiger partial charge on any atom is -0.488 e. The minimum absolute atomic E-state index is 0.0639. The molecule has 1 unspecified atom stereocenters. The lowest BCUT2D eigenvalue weighted by molar-refractivity contribution is 0.235. The highest BCUT2D eigenvalue weighted by atomic mass is 32.2. The van der Waals surface area contributed by atoms with Crippen LogP contribution in [0.1, 0.15) is 30.4 Å². The number of sulfonamides is 1. The summed E-state index contributed by atoms with van der Waals surface area (Å²) in [5.74, 6) is 1.60. The third-order valence-electron chi connectivity index (χ3n) is 5.75. The van der Waals surface area contributed by atoms with Crippen LogP contribution in [-0.2, 0) is 23.0 Å². The molecule has 0 spiro atoms. The van der Waals surface area contributed by atoms with Gasteiger partial charge in [-0.3, -0.25) is 4.99 Å². The molecule has 4 rings (SSSR count). The first-order valence-electron chi connectivity index (χ1n) is 10.8. The van der Waals surface area contributed by atoms with Gasteiger partial charge in [-0.1, -0.05) is 36.8 Å². The van der Waals surface area contributed by atoms with Crippen LogP contribution < -0.4 is 15.4 Å². The molecule has 0 aliphatic carbocycles. The van der Waals surface area contributed by atoms with Crippen molar-refractivity contribution < 1.29 is 13.2 Å². The van der Waals surface area contributed by atoms with Gasteiger partial charge in [-0.05, 0) is 42.2 Å². The van der Waals surface area contributed by atoms with Crippen LogP contribution in [0.2, 0.25) is 0 Å². The second kappa shape index (κ2) is 9.70. The molecule has 1 saturated heterocycles. The first kappa shape index (κ1) is 21.6. The van der Waals surface area contributed by atoms with Gasteiger partial charge in [0, 0.05) is 33.1 Å². The summed E-state index contributed by atoms with van der Waals surface area (Å²) in [5.41, 5.74) is 2.12. The normalized spacial score (nSPS) is 19.5. The van der Waals surface area contributed by atoms with Gasteiger partial charge in [0.1, 0.15) is 11.9 Å². The smallest absolute Gasteiger partial charge is 0.243 e. The summed E-state index contributed by atoms with van der Waals surface area (Å²) in [6.07, 6.45) is 3.89. The molecule has 2 N–H and O–H groups in total. The molecule has 0 radical (unpaired) electrons. The maximum atomic E-state index is 12.9. The Morgan fingerprint density at radius 1 is 1.10 bits per heavy atom. The zero-order valence-corrected chi connectivity index (χ0v) is 18.7. The second-order valence-electron chi connectivity index (χ2n) is 7.97. The maximum Gasteiger partial charge on any atom is 0.243 e. The SMILES string of the molecule is CN=C(NCc1cccc(S(=O)(=O)N2CCCCC2)c1)NCC1Cc2ccccc2O1. The van der Waals surface area contributed by atoms with Crippen LogP contribution >= 0.6 is 0 Å². The van der Waals surface area contributed by atoms with Crippen LogP contribution in [-0.4, -0.2) is 51.5 Å². The summed E-state index contributed by atoms with van der Waals surface area (Å²) in [7, 11) is -1.71. The Kier molecular flexibility index (Phi) is 6.77. The molecule has 2 aromatic carbocycles. The van der Waals surface area contributed by atoms with Crippen molar-refractivity contribution in [3.05, 3.63) is 59.7 Å². The van der Waals surface area contributed by atoms with Crippen molar-refractivity contribution in [1.29, 1.82) is 0 Å². The second-order valence-corrected chi connectivity index (χ2v) is 9.91. The van der Waals surface area contributed by atoms with Gasteiger partial charge >= 0.3 is 0 Å². The number of ether oxygens (including phenoxy) is 1. The summed E-state index contributed by atoms with van der Waals surface area (Å²) in [6, 6.07) is 15.2. The standard InChI is InChI=1S/C23H30N4O3S/c1-24-23(26-17-20-15-19-9-3-4-11-22(19)30-20)25-16-18-8-7-10-21(14-18)31(28,29)27-12-5-2-6-13-27/h3-4,7-11,14,20H,2,5-6,12-13,15-17H2,1H3,(H2,24,25,26). The Hall–Kier alpha value is -2.58. The number of nitrogens with one attached hydrogen (secondary N) is 2. The van der Waals surface area contributed by atoms with Crippen molar-refractivity contribution in [2.45, 2.75) is 43.2 Å². The van der Waals surface area contributed by atoms with E-state index in [4.69, 9.17) is 4.74 Å². The van der Waals surface area contributed by atoms with Crippen molar-refractivity contribution in [1.82, 2.24) is 14.9 Å². The number of nitrogens with zero attached hydrogens (tertiary/aromatic N) is 2. The molecule has 31 heavy (non-hydrogen) atoms. The van der Waals surface area contributed by atoms with E-state index in [9.17, 15) is 8.42 Å². The lowest BCUT2D eigenvalue weighted by atomic mass is 10.1. The van der Waals surface area contributed by atoms with Gasteiger partial charge in [0.05, 0.1) is 11.4 Å². The number of para-hydroxylation sites is 1. The van der Waals surface area contributed by atoms with Gasteiger partial charge in [-0.25, -0.2) is 8.42 Å². The first-order chi connectivity index (χ1) is 15.1. The maximum absolute atomic E-state index is 12.9. The number of benzene rings is 2. The van der Waals surface area contributed by atoms with Gasteiger partial charge in [-0.2, -0.15) is 4.31 Å². The molecular weight excluding hydrogens is 412 g/mol. The molecular formula is C23H30N4O3S. The molecule has 1 atom stereocenters. The average Bonchev–Trinajstić information content (AvgIpc) is 3.23. The summed E-state index contributed by atoms with van der Waals surface area (Å²) in [4.78, 5) is 4.63. The van der Waals surface area contributed by atoms with Crippen molar-refractivity contribution in [3.63, 3.8) is 0 Å². The van der Waals surface area contributed by atoms with Crippen molar-refractivity contribution in [3.8, 4) is 5.75 Å². The fraction of sp³-hybridized carbons (Fsp3) is 0.435. The van der Waals surface area contributed by atoms with Crippen LogP contribution in [0.15, 0.2) is 58.4 Å². The van der Waals surface area contributed by atoms with Gasteiger partial charge in [-0.15, -0.1) is 0 Å². The van der Waals surface area contributed by atoms with Crippen LogP contribution in [0.4, 0.5) is 0 Å². The third kappa shape index (κ3) is 5.19. The number of rotatable bonds is 6. The lowest BCUT2D eigenvalue weighted by Crippen LogP contribution is -2.42. The molecule has 0 bridgehead atoms. The van der Waals surface area contributed by atoms with E-state index in [1.165, 1.54) is 5.56 Å². The van der Waals surface area contributed by atoms with Gasteiger partial charge in [0.2, 0.25) is 10.0 Å². The first-order valence-corrected chi connectivity index (χ1v) is 12.3. The van der Waals surface area contributed by atoms with Crippen molar-refractivity contribution in [2.24, 2.45) is 4.99 Å². The molecule has 2 aliphatic rings. The molecule has 2 aromatic rings. The van der Waals surface area contributed by atoms with Gasteiger partial charge < -0.3 is 15.4 Å². The highest BCUT2D eigenvalue weighted by molar-refractivity contribution is 7.89. The van der Waals surface area contributed by atoms with E-state index in [2.05, 4.69) is 21.7 Å².